The molecule has 1 aromatic rings. The van der Waals surface area contributed by atoms with Crippen LogP contribution in [-0.2, 0) is 14.8 Å². The van der Waals surface area contributed by atoms with Crippen LogP contribution in [0.2, 0.25) is 0 Å². The number of ether oxygens (including phenoxy) is 1. The number of thiophene rings is 1. The van der Waals surface area contributed by atoms with E-state index in [0.29, 0.717) is 19.4 Å². The molecule has 19 heavy (non-hydrogen) atoms. The van der Waals surface area contributed by atoms with Gasteiger partial charge in [-0.05, 0) is 24.3 Å². The molecule has 6 nitrogen and oxygen atoms in total. The fraction of sp³-hybridized carbons (Fsp3) is 0.545. The second-order valence-electron chi connectivity index (χ2n) is 4.20. The number of aliphatic hydroxyl groups is 1. The standard InChI is InChI=1S/C11H15NO5S2/c1-17-11(14)10-9(4-6-18-10)19(15,16)12-5-2-3-8(12)7-13/h4,6,8,13H,2-3,5,7H2,1H3/t8-/m1/s1. The van der Waals surface area contributed by atoms with Crippen molar-refractivity contribution in [1.29, 1.82) is 0 Å². The molecule has 1 aromatic heterocycles. The Kier molecular flexibility index (Phi) is 4.24. The molecule has 0 aromatic carbocycles. The van der Waals surface area contributed by atoms with Crippen molar-refractivity contribution in [3.63, 3.8) is 0 Å². The number of carbonyl (C=O) groups excluding carboxylic acids is 1. The predicted octanol–water partition coefficient (Wildman–Crippen LogP) is 0.680. The molecule has 0 saturated carbocycles. The van der Waals surface area contributed by atoms with Crippen molar-refractivity contribution >= 4 is 27.3 Å². The van der Waals surface area contributed by atoms with E-state index in [2.05, 4.69) is 4.74 Å². The number of rotatable bonds is 4. The van der Waals surface area contributed by atoms with Gasteiger partial charge in [0.25, 0.3) is 0 Å². The highest BCUT2D eigenvalue weighted by Gasteiger charge is 2.37. The van der Waals surface area contributed by atoms with E-state index in [-0.39, 0.29) is 16.4 Å². The van der Waals surface area contributed by atoms with Gasteiger partial charge in [-0.15, -0.1) is 11.3 Å². The van der Waals surface area contributed by atoms with Crippen molar-refractivity contribution in [3.8, 4) is 0 Å². The van der Waals surface area contributed by atoms with E-state index in [1.165, 1.54) is 17.5 Å². The monoisotopic (exact) mass is 305 g/mol. The average Bonchev–Trinajstić information content (AvgIpc) is 3.06. The Morgan fingerprint density at radius 1 is 1.63 bits per heavy atom. The quantitative estimate of drug-likeness (QED) is 0.827. The lowest BCUT2D eigenvalue weighted by Crippen LogP contribution is -2.37. The third-order valence-electron chi connectivity index (χ3n) is 3.12. The molecule has 1 saturated heterocycles. The van der Waals surface area contributed by atoms with E-state index in [1.807, 2.05) is 0 Å². The van der Waals surface area contributed by atoms with Crippen LogP contribution in [0, 0.1) is 0 Å². The third kappa shape index (κ3) is 2.53. The Labute approximate surface area is 115 Å². The summed E-state index contributed by atoms with van der Waals surface area (Å²) >= 11 is 1.03. The minimum atomic E-state index is -3.76. The van der Waals surface area contributed by atoms with Gasteiger partial charge in [0.15, 0.2) is 0 Å². The maximum atomic E-state index is 12.5. The molecule has 2 heterocycles. The van der Waals surface area contributed by atoms with Gasteiger partial charge in [0.2, 0.25) is 10.0 Å². The summed E-state index contributed by atoms with van der Waals surface area (Å²) in [7, 11) is -2.55. The molecule has 1 aliphatic heterocycles. The zero-order valence-electron chi connectivity index (χ0n) is 10.4. The summed E-state index contributed by atoms with van der Waals surface area (Å²) in [6.45, 7) is 0.154. The molecule has 0 amide bonds. The molecule has 106 valence electrons. The van der Waals surface area contributed by atoms with Crippen molar-refractivity contribution in [2.75, 3.05) is 20.3 Å². The van der Waals surface area contributed by atoms with Crippen LogP contribution in [0.5, 0.6) is 0 Å². The van der Waals surface area contributed by atoms with Gasteiger partial charge < -0.3 is 9.84 Å². The number of hydrogen-bond donors (Lipinski definition) is 1. The Balaban J connectivity index is 2.40. The minimum Gasteiger partial charge on any atom is -0.465 e. The zero-order chi connectivity index (χ0) is 14.0. The zero-order valence-corrected chi connectivity index (χ0v) is 12.0. The molecule has 1 N–H and O–H groups in total. The molecule has 0 radical (unpaired) electrons. The Morgan fingerprint density at radius 3 is 3.00 bits per heavy atom. The lowest BCUT2D eigenvalue weighted by molar-refractivity contribution is 0.0602. The summed E-state index contributed by atoms with van der Waals surface area (Å²) in [6, 6.07) is 0.995. The lowest BCUT2D eigenvalue weighted by Gasteiger charge is -2.22. The van der Waals surface area contributed by atoms with Crippen molar-refractivity contribution in [2.45, 2.75) is 23.8 Å². The highest BCUT2D eigenvalue weighted by molar-refractivity contribution is 7.89. The Bertz CT molecular complexity index is 565. The van der Waals surface area contributed by atoms with Crippen LogP contribution in [-0.4, -0.2) is 50.1 Å². The first-order valence-electron chi connectivity index (χ1n) is 5.81. The van der Waals surface area contributed by atoms with E-state index >= 15 is 0 Å². The molecular formula is C11H15NO5S2. The van der Waals surface area contributed by atoms with Gasteiger partial charge in [-0.25, -0.2) is 13.2 Å². The van der Waals surface area contributed by atoms with Crippen LogP contribution in [0.4, 0.5) is 0 Å². The second kappa shape index (κ2) is 5.58. The first-order valence-corrected chi connectivity index (χ1v) is 8.13. The van der Waals surface area contributed by atoms with Crippen LogP contribution >= 0.6 is 11.3 Å². The predicted molar refractivity (Wildman–Crippen MR) is 69.7 cm³/mol. The number of nitrogens with zero attached hydrogens (tertiary/aromatic N) is 1. The average molecular weight is 305 g/mol. The first-order chi connectivity index (χ1) is 9.02. The van der Waals surface area contributed by atoms with Gasteiger partial charge >= 0.3 is 5.97 Å². The molecule has 0 aliphatic carbocycles. The van der Waals surface area contributed by atoms with E-state index in [0.717, 1.165) is 11.3 Å². The summed E-state index contributed by atoms with van der Waals surface area (Å²) in [5.41, 5.74) is 0. The highest BCUT2D eigenvalue weighted by atomic mass is 32.2. The van der Waals surface area contributed by atoms with E-state index in [9.17, 15) is 18.3 Å². The van der Waals surface area contributed by atoms with Crippen molar-refractivity contribution < 1.29 is 23.1 Å². The Hall–Kier alpha value is -0.960. The van der Waals surface area contributed by atoms with Gasteiger partial charge in [-0.1, -0.05) is 0 Å². The number of sulfonamides is 1. The Morgan fingerprint density at radius 2 is 2.37 bits per heavy atom. The third-order valence-corrected chi connectivity index (χ3v) is 6.14. The number of aliphatic hydroxyl groups excluding tert-OH is 1. The molecule has 1 fully saturated rings. The van der Waals surface area contributed by atoms with Crippen LogP contribution in [0.1, 0.15) is 22.5 Å². The molecule has 0 unspecified atom stereocenters. The SMILES string of the molecule is COC(=O)c1sccc1S(=O)(=O)N1CCC[C@@H]1CO. The molecule has 2 rings (SSSR count). The number of carbonyl (C=O) groups is 1. The van der Waals surface area contributed by atoms with Crippen LogP contribution in [0.25, 0.3) is 0 Å². The number of methoxy groups -OCH3 is 1. The highest BCUT2D eigenvalue weighted by Crippen LogP contribution is 2.30. The van der Waals surface area contributed by atoms with Crippen LogP contribution in [0.3, 0.4) is 0 Å². The van der Waals surface area contributed by atoms with E-state index < -0.39 is 22.0 Å². The number of hydrogen-bond acceptors (Lipinski definition) is 6. The van der Waals surface area contributed by atoms with Gasteiger partial charge in [0.1, 0.15) is 9.77 Å². The maximum absolute atomic E-state index is 12.5. The first kappa shape index (κ1) is 14.4. The summed E-state index contributed by atoms with van der Waals surface area (Å²) in [6.07, 6.45) is 1.34. The molecular weight excluding hydrogens is 290 g/mol. The lowest BCUT2D eigenvalue weighted by atomic mass is 10.2. The molecule has 1 aliphatic rings. The number of esters is 1. The summed E-state index contributed by atoms with van der Waals surface area (Å²) in [4.78, 5) is 11.6. The molecule has 8 heteroatoms. The molecule has 0 spiro atoms. The normalized spacial score (nSPS) is 20.6. The van der Waals surface area contributed by atoms with Gasteiger partial charge in [-0.3, -0.25) is 0 Å². The largest absolute Gasteiger partial charge is 0.465 e. The fourth-order valence-electron chi connectivity index (χ4n) is 2.18. The maximum Gasteiger partial charge on any atom is 0.349 e. The van der Waals surface area contributed by atoms with Crippen LogP contribution in [0.15, 0.2) is 16.3 Å². The fourth-order valence-corrected chi connectivity index (χ4v) is 5.17. The minimum absolute atomic E-state index is 0.0373. The van der Waals surface area contributed by atoms with E-state index in [1.54, 1.807) is 5.38 Å². The molecule has 1 atom stereocenters. The summed E-state index contributed by atoms with van der Waals surface area (Å²) in [5, 5.41) is 10.8. The smallest absolute Gasteiger partial charge is 0.349 e. The van der Waals surface area contributed by atoms with Crippen molar-refractivity contribution in [1.82, 2.24) is 4.31 Å². The van der Waals surface area contributed by atoms with E-state index in [4.69, 9.17) is 0 Å². The van der Waals surface area contributed by atoms with Gasteiger partial charge in [0.05, 0.1) is 13.7 Å². The molecule has 0 bridgehead atoms. The second-order valence-corrected chi connectivity index (χ2v) is 6.98. The topological polar surface area (TPSA) is 83.9 Å². The van der Waals surface area contributed by atoms with Crippen molar-refractivity contribution in [2.24, 2.45) is 0 Å². The van der Waals surface area contributed by atoms with Crippen molar-refractivity contribution in [3.05, 3.63) is 16.3 Å². The van der Waals surface area contributed by atoms with Gasteiger partial charge in [-0.2, -0.15) is 4.31 Å². The van der Waals surface area contributed by atoms with Gasteiger partial charge in [0, 0.05) is 12.6 Å². The van der Waals surface area contributed by atoms with Crippen LogP contribution < -0.4 is 0 Å². The summed E-state index contributed by atoms with van der Waals surface area (Å²) < 4.78 is 30.9. The summed E-state index contributed by atoms with van der Waals surface area (Å²) in [5.74, 6) is -0.659.